The number of pyridine rings is 1. The zero-order valence-electron chi connectivity index (χ0n) is 10.0. The molecule has 0 aliphatic rings. The van der Waals surface area contributed by atoms with Crippen molar-refractivity contribution in [3.05, 3.63) is 53.2 Å². The second-order valence-corrected chi connectivity index (χ2v) is 4.25. The molecule has 0 aliphatic carbocycles. The fraction of sp³-hybridized carbons (Fsp3) is 0.214. The first-order valence-corrected chi connectivity index (χ1v) is 5.49. The highest BCUT2D eigenvalue weighted by atomic mass is 19.4. The molecule has 1 heterocycles. The molecule has 0 aliphatic heterocycles. The van der Waals surface area contributed by atoms with Gasteiger partial charge < -0.3 is 0 Å². The van der Waals surface area contributed by atoms with Gasteiger partial charge in [-0.15, -0.1) is 0 Å². The number of hydrogen-bond acceptors (Lipinski definition) is 1. The number of benzene rings is 1. The fourth-order valence-corrected chi connectivity index (χ4v) is 1.82. The Balaban J connectivity index is 2.40. The molecule has 2 aromatic rings. The lowest BCUT2D eigenvalue weighted by molar-refractivity contribution is -0.137. The van der Waals surface area contributed by atoms with Crippen molar-refractivity contribution in [2.45, 2.75) is 20.0 Å². The summed E-state index contributed by atoms with van der Waals surface area (Å²) in [5.41, 5.74) is 2.63. The van der Waals surface area contributed by atoms with E-state index in [9.17, 15) is 13.2 Å². The Morgan fingerprint density at radius 3 is 2.06 bits per heavy atom. The predicted octanol–water partition coefficient (Wildman–Crippen LogP) is 4.38. The van der Waals surface area contributed by atoms with Gasteiger partial charge in [0.15, 0.2) is 0 Å². The molecule has 18 heavy (non-hydrogen) atoms. The van der Waals surface area contributed by atoms with E-state index in [0.717, 1.165) is 23.4 Å². The average Bonchev–Trinajstić information content (AvgIpc) is 2.27. The number of halogens is 3. The molecule has 0 bridgehead atoms. The van der Waals surface area contributed by atoms with Crippen LogP contribution in [0.2, 0.25) is 0 Å². The largest absolute Gasteiger partial charge is 0.416 e. The van der Waals surface area contributed by atoms with Gasteiger partial charge in [-0.05, 0) is 43.7 Å². The van der Waals surface area contributed by atoms with Crippen molar-refractivity contribution in [2.75, 3.05) is 0 Å². The Bertz CT molecular complexity index is 536. The predicted molar refractivity (Wildman–Crippen MR) is 64.1 cm³/mol. The monoisotopic (exact) mass is 251 g/mol. The van der Waals surface area contributed by atoms with Gasteiger partial charge in [0.25, 0.3) is 0 Å². The van der Waals surface area contributed by atoms with Gasteiger partial charge in [0, 0.05) is 11.3 Å². The van der Waals surface area contributed by atoms with E-state index in [4.69, 9.17) is 0 Å². The zero-order valence-corrected chi connectivity index (χ0v) is 10.0. The summed E-state index contributed by atoms with van der Waals surface area (Å²) in [6.07, 6.45) is -4.30. The summed E-state index contributed by atoms with van der Waals surface area (Å²) in [5, 5.41) is 0. The minimum Gasteiger partial charge on any atom is -0.253 e. The van der Waals surface area contributed by atoms with E-state index in [0.29, 0.717) is 11.3 Å². The molecule has 0 atom stereocenters. The van der Waals surface area contributed by atoms with Crippen molar-refractivity contribution in [2.24, 2.45) is 0 Å². The summed E-state index contributed by atoms with van der Waals surface area (Å²) >= 11 is 0. The van der Waals surface area contributed by atoms with Gasteiger partial charge in [0.1, 0.15) is 0 Å². The van der Waals surface area contributed by atoms with Gasteiger partial charge in [0.05, 0.1) is 11.3 Å². The molecule has 0 radical (unpaired) electrons. The number of aryl methyl sites for hydroxylation is 2. The average molecular weight is 251 g/mol. The van der Waals surface area contributed by atoms with E-state index in [-0.39, 0.29) is 0 Å². The Morgan fingerprint density at radius 1 is 0.944 bits per heavy atom. The van der Waals surface area contributed by atoms with Crippen LogP contribution in [0.25, 0.3) is 11.3 Å². The molecule has 0 unspecified atom stereocenters. The van der Waals surface area contributed by atoms with Crippen molar-refractivity contribution in [1.29, 1.82) is 0 Å². The SMILES string of the molecule is Cc1cc(C)nc(-c2ccc(C(F)(F)F)cc2)c1. The molecular formula is C14H12F3N. The summed E-state index contributed by atoms with van der Waals surface area (Å²) in [6.45, 7) is 3.79. The maximum atomic E-state index is 12.4. The van der Waals surface area contributed by atoms with Crippen molar-refractivity contribution >= 4 is 0 Å². The molecule has 1 nitrogen and oxygen atoms in total. The van der Waals surface area contributed by atoms with Crippen molar-refractivity contribution in [3.63, 3.8) is 0 Å². The van der Waals surface area contributed by atoms with Gasteiger partial charge in [0.2, 0.25) is 0 Å². The van der Waals surface area contributed by atoms with Crippen molar-refractivity contribution in [1.82, 2.24) is 4.98 Å². The molecular weight excluding hydrogens is 239 g/mol. The van der Waals surface area contributed by atoms with E-state index in [1.807, 2.05) is 26.0 Å². The van der Waals surface area contributed by atoms with Crippen molar-refractivity contribution in [3.8, 4) is 11.3 Å². The molecule has 0 N–H and O–H groups in total. The standard InChI is InChI=1S/C14H12F3N/c1-9-7-10(2)18-13(8-9)11-3-5-12(6-4-11)14(15,16)17/h3-8H,1-2H3. The van der Waals surface area contributed by atoms with Crippen LogP contribution in [-0.2, 0) is 6.18 Å². The fourth-order valence-electron chi connectivity index (χ4n) is 1.82. The summed E-state index contributed by atoms with van der Waals surface area (Å²) in [4.78, 5) is 4.31. The Morgan fingerprint density at radius 2 is 1.56 bits per heavy atom. The second-order valence-electron chi connectivity index (χ2n) is 4.25. The molecule has 1 aromatic carbocycles. The van der Waals surface area contributed by atoms with E-state index in [1.165, 1.54) is 12.1 Å². The molecule has 2 rings (SSSR count). The lowest BCUT2D eigenvalue weighted by atomic mass is 10.1. The normalized spacial score (nSPS) is 11.6. The molecule has 0 saturated carbocycles. The molecule has 4 heteroatoms. The number of aromatic nitrogens is 1. The van der Waals surface area contributed by atoms with Crippen LogP contribution < -0.4 is 0 Å². The maximum absolute atomic E-state index is 12.4. The Kier molecular flexibility index (Phi) is 3.11. The van der Waals surface area contributed by atoms with E-state index < -0.39 is 11.7 Å². The number of hydrogen-bond donors (Lipinski definition) is 0. The highest BCUT2D eigenvalue weighted by Crippen LogP contribution is 2.30. The molecule has 0 spiro atoms. The minimum atomic E-state index is -4.30. The van der Waals surface area contributed by atoms with E-state index in [1.54, 1.807) is 0 Å². The van der Waals surface area contributed by atoms with E-state index in [2.05, 4.69) is 4.98 Å². The molecule has 0 fully saturated rings. The van der Waals surface area contributed by atoms with E-state index >= 15 is 0 Å². The first-order chi connectivity index (χ1) is 8.36. The van der Waals surface area contributed by atoms with Crippen LogP contribution in [0.5, 0.6) is 0 Å². The van der Waals surface area contributed by atoms with Gasteiger partial charge >= 0.3 is 6.18 Å². The number of alkyl halides is 3. The van der Waals surface area contributed by atoms with Crippen LogP contribution in [0, 0.1) is 13.8 Å². The third kappa shape index (κ3) is 2.70. The van der Waals surface area contributed by atoms with Crippen LogP contribution in [0.3, 0.4) is 0 Å². The summed E-state index contributed by atoms with van der Waals surface area (Å²) in [5.74, 6) is 0. The van der Waals surface area contributed by atoms with Gasteiger partial charge in [-0.2, -0.15) is 13.2 Å². The highest BCUT2D eigenvalue weighted by molar-refractivity contribution is 5.60. The molecule has 1 aromatic heterocycles. The quantitative estimate of drug-likeness (QED) is 0.732. The first-order valence-electron chi connectivity index (χ1n) is 5.49. The lowest BCUT2D eigenvalue weighted by Gasteiger charge is -2.08. The summed E-state index contributed by atoms with van der Waals surface area (Å²) in [7, 11) is 0. The van der Waals surface area contributed by atoms with Crippen LogP contribution in [0.4, 0.5) is 13.2 Å². The molecule has 94 valence electrons. The van der Waals surface area contributed by atoms with Gasteiger partial charge in [-0.25, -0.2) is 0 Å². The maximum Gasteiger partial charge on any atom is 0.416 e. The Labute approximate surface area is 103 Å². The van der Waals surface area contributed by atoms with Gasteiger partial charge in [-0.1, -0.05) is 12.1 Å². The third-order valence-corrected chi connectivity index (χ3v) is 2.61. The zero-order chi connectivity index (χ0) is 13.3. The Hall–Kier alpha value is -1.84. The summed E-state index contributed by atoms with van der Waals surface area (Å²) < 4.78 is 37.3. The van der Waals surface area contributed by atoms with Crippen LogP contribution in [0.1, 0.15) is 16.8 Å². The van der Waals surface area contributed by atoms with Crippen LogP contribution in [-0.4, -0.2) is 4.98 Å². The number of nitrogens with zero attached hydrogens (tertiary/aromatic N) is 1. The molecule has 0 saturated heterocycles. The summed E-state index contributed by atoms with van der Waals surface area (Å²) in [6, 6.07) is 8.83. The molecule has 0 amide bonds. The minimum absolute atomic E-state index is 0.643. The number of rotatable bonds is 1. The topological polar surface area (TPSA) is 12.9 Å². The smallest absolute Gasteiger partial charge is 0.253 e. The van der Waals surface area contributed by atoms with Crippen LogP contribution >= 0.6 is 0 Å². The highest BCUT2D eigenvalue weighted by Gasteiger charge is 2.29. The van der Waals surface area contributed by atoms with Crippen LogP contribution in [0.15, 0.2) is 36.4 Å². The van der Waals surface area contributed by atoms with Crippen molar-refractivity contribution < 1.29 is 13.2 Å². The third-order valence-electron chi connectivity index (χ3n) is 2.61. The van der Waals surface area contributed by atoms with Gasteiger partial charge in [-0.3, -0.25) is 4.98 Å². The second kappa shape index (κ2) is 4.44. The first kappa shape index (κ1) is 12.6. The lowest BCUT2D eigenvalue weighted by Crippen LogP contribution is -2.04.